The van der Waals surface area contributed by atoms with E-state index in [1.165, 1.54) is 5.56 Å². The maximum atomic E-state index is 13.4. The fourth-order valence-corrected chi connectivity index (χ4v) is 5.55. The number of ether oxygens (including phenoxy) is 3. The zero-order valence-corrected chi connectivity index (χ0v) is 21.7. The number of hydrogen-bond acceptors (Lipinski definition) is 6. The minimum absolute atomic E-state index is 0.121. The predicted octanol–water partition coefficient (Wildman–Crippen LogP) is 4.27. The van der Waals surface area contributed by atoms with Crippen LogP contribution in [0.15, 0.2) is 67.0 Å². The lowest BCUT2D eigenvalue weighted by atomic mass is 10.1. The van der Waals surface area contributed by atoms with Crippen LogP contribution in [-0.2, 0) is 17.9 Å². The van der Waals surface area contributed by atoms with Gasteiger partial charge in [-0.3, -0.25) is 9.69 Å². The molecule has 0 saturated carbocycles. The van der Waals surface area contributed by atoms with E-state index in [1.807, 2.05) is 51.9 Å². The van der Waals surface area contributed by atoms with Crippen molar-refractivity contribution in [2.75, 3.05) is 40.1 Å². The molecule has 2 aromatic carbocycles. The summed E-state index contributed by atoms with van der Waals surface area (Å²) in [6.45, 7) is 4.46. The highest BCUT2D eigenvalue weighted by atomic mass is 16.7. The molecule has 1 saturated heterocycles. The first-order valence-electron chi connectivity index (χ1n) is 13.1. The normalized spacial score (nSPS) is 15.4. The lowest BCUT2D eigenvalue weighted by Gasteiger charge is -2.35. The summed E-state index contributed by atoms with van der Waals surface area (Å²) in [5, 5.41) is 2.08. The summed E-state index contributed by atoms with van der Waals surface area (Å²) in [4.78, 5) is 25.6. The van der Waals surface area contributed by atoms with Crippen molar-refractivity contribution in [3.05, 3.63) is 72.6 Å². The van der Waals surface area contributed by atoms with Crippen LogP contribution in [0.25, 0.3) is 33.2 Å². The van der Waals surface area contributed by atoms with Crippen LogP contribution in [0.4, 0.5) is 0 Å². The van der Waals surface area contributed by atoms with Gasteiger partial charge in [0.1, 0.15) is 17.9 Å². The Kier molecular flexibility index (Phi) is 5.85. The third-order valence-electron chi connectivity index (χ3n) is 7.64. The van der Waals surface area contributed by atoms with Crippen LogP contribution in [0.3, 0.4) is 0 Å². The number of piperazine rings is 1. The zero-order valence-electron chi connectivity index (χ0n) is 21.7. The Bertz CT molecular complexity index is 1650. The smallest absolute Gasteiger partial charge is 0.242 e. The first-order chi connectivity index (χ1) is 19.1. The van der Waals surface area contributed by atoms with Crippen LogP contribution in [0.1, 0.15) is 5.56 Å². The third kappa shape index (κ3) is 4.44. The van der Waals surface area contributed by atoms with E-state index in [2.05, 4.69) is 33.2 Å². The second kappa shape index (κ2) is 9.67. The van der Waals surface area contributed by atoms with Gasteiger partial charge in [-0.2, -0.15) is 0 Å². The van der Waals surface area contributed by atoms with Crippen molar-refractivity contribution in [1.82, 2.24) is 24.3 Å². The van der Waals surface area contributed by atoms with E-state index in [0.717, 1.165) is 70.1 Å². The molecule has 7 rings (SSSR count). The highest BCUT2D eigenvalue weighted by Crippen LogP contribution is 2.35. The Balaban J connectivity index is 1.08. The fraction of sp³-hybridized carbons (Fsp3) is 0.267. The molecule has 0 atom stereocenters. The summed E-state index contributed by atoms with van der Waals surface area (Å²) < 4.78 is 18.5. The van der Waals surface area contributed by atoms with Crippen LogP contribution in [0.2, 0.25) is 0 Å². The lowest BCUT2D eigenvalue weighted by Crippen LogP contribution is -2.49. The minimum atomic E-state index is 0.121. The number of rotatable bonds is 6. The molecular formula is C30H29N5O4. The molecule has 2 aliphatic rings. The number of pyridine rings is 1. The Morgan fingerprint density at radius 3 is 2.74 bits per heavy atom. The summed E-state index contributed by atoms with van der Waals surface area (Å²) in [7, 11) is 1.67. The molecule has 1 N–H and O–H groups in total. The van der Waals surface area contributed by atoms with Crippen molar-refractivity contribution < 1.29 is 19.0 Å². The van der Waals surface area contributed by atoms with Crippen molar-refractivity contribution in [1.29, 1.82) is 0 Å². The van der Waals surface area contributed by atoms with E-state index < -0.39 is 0 Å². The molecule has 5 heterocycles. The minimum Gasteiger partial charge on any atom is -0.497 e. The molecule has 9 heteroatoms. The van der Waals surface area contributed by atoms with Crippen LogP contribution < -0.4 is 14.2 Å². The summed E-state index contributed by atoms with van der Waals surface area (Å²) >= 11 is 0. The van der Waals surface area contributed by atoms with Gasteiger partial charge in [-0.15, -0.1) is 0 Å². The van der Waals surface area contributed by atoms with Gasteiger partial charge < -0.3 is 28.7 Å². The lowest BCUT2D eigenvalue weighted by molar-refractivity contribution is -0.133. The second-order valence-corrected chi connectivity index (χ2v) is 10.0. The largest absolute Gasteiger partial charge is 0.497 e. The molecule has 198 valence electrons. The first-order valence-corrected chi connectivity index (χ1v) is 13.1. The SMILES string of the molecule is COc1ccc2c(c1)c(-c1cc3cccnc3[nH]1)cn2CC(=O)N1CCN(Cc2ccc3c(c2)OCO3)CC1. The van der Waals surface area contributed by atoms with Crippen molar-refractivity contribution in [3.63, 3.8) is 0 Å². The van der Waals surface area contributed by atoms with Crippen molar-refractivity contribution in [3.8, 4) is 28.5 Å². The molecule has 3 aromatic heterocycles. The van der Waals surface area contributed by atoms with E-state index in [9.17, 15) is 4.79 Å². The number of hydrogen-bond donors (Lipinski definition) is 1. The molecule has 0 radical (unpaired) electrons. The molecule has 39 heavy (non-hydrogen) atoms. The molecule has 0 unspecified atom stereocenters. The number of fused-ring (bicyclic) bond motifs is 3. The standard InChI is InChI=1S/C30H29N5O4/c1-37-22-5-6-26-23(15-22)24(25-14-21-3-2-8-31-30(21)32-25)17-35(26)18-29(36)34-11-9-33(10-12-34)16-20-4-7-27-28(13-20)39-19-38-27/h2-8,13-15,17H,9-12,16,18-19H2,1H3,(H,31,32). The number of nitrogens with zero attached hydrogens (tertiary/aromatic N) is 4. The molecule has 1 fully saturated rings. The number of nitrogens with one attached hydrogen (secondary N) is 1. The summed E-state index contributed by atoms with van der Waals surface area (Å²) in [6, 6.07) is 18.2. The second-order valence-electron chi connectivity index (χ2n) is 10.0. The van der Waals surface area contributed by atoms with Gasteiger partial charge in [0.2, 0.25) is 12.7 Å². The average molecular weight is 524 g/mol. The molecule has 5 aromatic rings. The van der Waals surface area contributed by atoms with Crippen LogP contribution in [-0.4, -0.2) is 70.3 Å². The van der Waals surface area contributed by atoms with Gasteiger partial charge in [-0.05, 0) is 54.1 Å². The maximum absolute atomic E-state index is 13.4. The highest BCUT2D eigenvalue weighted by molar-refractivity contribution is 5.99. The van der Waals surface area contributed by atoms with Gasteiger partial charge in [-0.25, -0.2) is 4.98 Å². The van der Waals surface area contributed by atoms with Crippen LogP contribution in [0.5, 0.6) is 17.2 Å². The van der Waals surface area contributed by atoms with Gasteiger partial charge in [0, 0.05) is 72.7 Å². The highest BCUT2D eigenvalue weighted by Gasteiger charge is 2.23. The Morgan fingerprint density at radius 1 is 1.03 bits per heavy atom. The number of aromatic nitrogens is 3. The van der Waals surface area contributed by atoms with Crippen molar-refractivity contribution >= 4 is 27.8 Å². The fourth-order valence-electron chi connectivity index (χ4n) is 5.55. The Hall–Kier alpha value is -4.50. The molecule has 2 aliphatic heterocycles. The summed E-state index contributed by atoms with van der Waals surface area (Å²) in [5.41, 5.74) is 5.00. The number of benzene rings is 2. The molecule has 0 aliphatic carbocycles. The summed E-state index contributed by atoms with van der Waals surface area (Å²) in [6.07, 6.45) is 3.84. The number of carbonyl (C=O) groups is 1. The van der Waals surface area contributed by atoms with Crippen molar-refractivity contribution in [2.24, 2.45) is 0 Å². The molecule has 0 bridgehead atoms. The van der Waals surface area contributed by atoms with E-state index in [-0.39, 0.29) is 19.2 Å². The monoisotopic (exact) mass is 523 g/mol. The molecular weight excluding hydrogens is 494 g/mol. The number of H-pyrrole nitrogens is 1. The van der Waals surface area contributed by atoms with Gasteiger partial charge in [0.15, 0.2) is 11.5 Å². The average Bonchev–Trinajstić information content (AvgIpc) is 3.70. The van der Waals surface area contributed by atoms with Crippen LogP contribution in [0, 0.1) is 0 Å². The number of carbonyl (C=O) groups excluding carboxylic acids is 1. The van der Waals surface area contributed by atoms with Crippen molar-refractivity contribution in [2.45, 2.75) is 13.1 Å². The Morgan fingerprint density at radius 2 is 1.90 bits per heavy atom. The maximum Gasteiger partial charge on any atom is 0.242 e. The van der Waals surface area contributed by atoms with Gasteiger partial charge in [-0.1, -0.05) is 6.07 Å². The van der Waals surface area contributed by atoms with E-state index in [1.54, 1.807) is 13.3 Å². The molecule has 0 spiro atoms. The van der Waals surface area contributed by atoms with E-state index in [4.69, 9.17) is 14.2 Å². The number of methoxy groups -OCH3 is 1. The van der Waals surface area contributed by atoms with Gasteiger partial charge >= 0.3 is 0 Å². The van der Waals surface area contributed by atoms with Crippen LogP contribution >= 0.6 is 0 Å². The van der Waals surface area contributed by atoms with E-state index in [0.29, 0.717) is 13.1 Å². The third-order valence-corrected chi connectivity index (χ3v) is 7.64. The molecule has 1 amide bonds. The topological polar surface area (TPSA) is 84.9 Å². The van der Waals surface area contributed by atoms with Gasteiger partial charge in [0.25, 0.3) is 0 Å². The zero-order chi connectivity index (χ0) is 26.3. The summed E-state index contributed by atoms with van der Waals surface area (Å²) in [5.74, 6) is 2.51. The Labute approximate surface area is 225 Å². The predicted molar refractivity (Wildman–Crippen MR) is 148 cm³/mol. The first kappa shape index (κ1) is 23.6. The quantitative estimate of drug-likeness (QED) is 0.358. The molecule has 9 nitrogen and oxygen atoms in total. The number of amides is 1. The van der Waals surface area contributed by atoms with E-state index >= 15 is 0 Å². The van der Waals surface area contributed by atoms with Gasteiger partial charge in [0.05, 0.1) is 7.11 Å². The number of aromatic amines is 1.